The van der Waals surface area contributed by atoms with Gasteiger partial charge >= 0.3 is 0 Å². The molecule has 0 aromatic carbocycles. The van der Waals surface area contributed by atoms with Gasteiger partial charge in [0.1, 0.15) is 17.3 Å². The molecule has 8 nitrogen and oxygen atoms in total. The van der Waals surface area contributed by atoms with Crippen molar-refractivity contribution in [3.05, 3.63) is 58.5 Å². The molecule has 1 amide bonds. The number of nitrogens with one attached hydrogen (secondary N) is 1. The van der Waals surface area contributed by atoms with Crippen LogP contribution >= 0.6 is 0 Å². The van der Waals surface area contributed by atoms with Gasteiger partial charge in [-0.25, -0.2) is 4.68 Å². The number of pyridine rings is 1. The van der Waals surface area contributed by atoms with E-state index < -0.39 is 6.04 Å². The highest BCUT2D eigenvalue weighted by Crippen LogP contribution is 2.28. The fourth-order valence-electron chi connectivity index (χ4n) is 3.24. The van der Waals surface area contributed by atoms with Crippen LogP contribution in [-0.4, -0.2) is 25.2 Å². The Morgan fingerprint density at radius 3 is 2.81 bits per heavy atom. The van der Waals surface area contributed by atoms with E-state index in [9.17, 15) is 9.59 Å². The summed E-state index contributed by atoms with van der Waals surface area (Å²) in [6, 6.07) is 4.78. The topological polar surface area (TPSA) is 95.0 Å². The average molecular weight is 365 g/mol. The number of aryl methyl sites for hydroxylation is 2. The van der Waals surface area contributed by atoms with Crippen molar-refractivity contribution in [1.82, 2.24) is 24.6 Å². The number of hydrogen-bond donors (Lipinski definition) is 1. The highest BCUT2D eigenvalue weighted by atomic mass is 16.3. The Labute approximate surface area is 154 Å². The molecule has 0 aliphatic rings. The van der Waals surface area contributed by atoms with E-state index >= 15 is 0 Å². The smallest absolute Gasteiger partial charge is 0.292 e. The summed E-state index contributed by atoms with van der Waals surface area (Å²) in [6.07, 6.45) is 4.91. The van der Waals surface area contributed by atoms with E-state index in [2.05, 4.69) is 15.4 Å². The fraction of sp³-hybridized carbons (Fsp3) is 0.263. The lowest BCUT2D eigenvalue weighted by Gasteiger charge is -2.14. The molecule has 0 aliphatic carbocycles. The molecule has 4 aromatic heterocycles. The summed E-state index contributed by atoms with van der Waals surface area (Å²) in [7, 11) is 1.81. The third-order valence-electron chi connectivity index (χ3n) is 4.72. The van der Waals surface area contributed by atoms with Crippen molar-refractivity contribution in [2.75, 3.05) is 0 Å². The Hall–Kier alpha value is -3.42. The van der Waals surface area contributed by atoms with Gasteiger partial charge in [0.25, 0.3) is 5.56 Å². The molecule has 0 fully saturated rings. The van der Waals surface area contributed by atoms with Crippen LogP contribution in [-0.2, 0) is 18.4 Å². The van der Waals surface area contributed by atoms with E-state index in [-0.39, 0.29) is 11.5 Å². The van der Waals surface area contributed by atoms with Crippen LogP contribution in [0.1, 0.15) is 24.3 Å². The fourth-order valence-corrected chi connectivity index (χ4v) is 3.24. The van der Waals surface area contributed by atoms with Crippen molar-refractivity contribution >= 4 is 27.9 Å². The highest BCUT2D eigenvalue weighted by molar-refractivity contribution is 6.04. The molecule has 4 aromatic rings. The lowest BCUT2D eigenvalue weighted by molar-refractivity contribution is -0.124. The number of carbonyl (C=O) groups is 1. The van der Waals surface area contributed by atoms with Crippen LogP contribution in [0.15, 0.2) is 46.0 Å². The summed E-state index contributed by atoms with van der Waals surface area (Å²) in [5.41, 5.74) is 2.53. The van der Waals surface area contributed by atoms with E-state index in [1.54, 1.807) is 37.1 Å². The normalized spacial score (nSPS) is 12.6. The van der Waals surface area contributed by atoms with Crippen molar-refractivity contribution < 1.29 is 9.21 Å². The van der Waals surface area contributed by atoms with E-state index in [1.807, 2.05) is 25.1 Å². The second-order valence-electron chi connectivity index (χ2n) is 6.54. The molecule has 27 heavy (non-hydrogen) atoms. The van der Waals surface area contributed by atoms with Crippen molar-refractivity contribution in [3.63, 3.8) is 0 Å². The molecule has 8 heteroatoms. The first-order valence-electron chi connectivity index (χ1n) is 8.60. The minimum absolute atomic E-state index is 0.283. The van der Waals surface area contributed by atoms with Crippen LogP contribution in [0.2, 0.25) is 0 Å². The number of furan rings is 1. The first-order chi connectivity index (χ1) is 13.0. The zero-order valence-corrected chi connectivity index (χ0v) is 15.3. The van der Waals surface area contributed by atoms with Crippen LogP contribution in [0, 0.1) is 6.92 Å². The molecular weight excluding hydrogens is 346 g/mol. The SMILES string of the molecule is Cc1cc2c(o1)c1cnn(C(C)C(=O)NCc3ccncc3)c(=O)c1n2C. The van der Waals surface area contributed by atoms with E-state index in [0.29, 0.717) is 23.0 Å². The maximum Gasteiger partial charge on any atom is 0.292 e. The summed E-state index contributed by atoms with van der Waals surface area (Å²) < 4.78 is 8.68. The van der Waals surface area contributed by atoms with Crippen LogP contribution in [0.3, 0.4) is 0 Å². The number of fused-ring (bicyclic) bond motifs is 3. The van der Waals surface area contributed by atoms with E-state index in [1.165, 1.54) is 4.68 Å². The van der Waals surface area contributed by atoms with Crippen molar-refractivity contribution in [1.29, 1.82) is 0 Å². The molecule has 0 aliphatic heterocycles. The van der Waals surface area contributed by atoms with E-state index in [4.69, 9.17) is 4.42 Å². The zero-order chi connectivity index (χ0) is 19.1. The monoisotopic (exact) mass is 365 g/mol. The molecule has 0 saturated carbocycles. The van der Waals surface area contributed by atoms with Crippen LogP contribution in [0.4, 0.5) is 0 Å². The molecule has 0 radical (unpaired) electrons. The third-order valence-corrected chi connectivity index (χ3v) is 4.72. The van der Waals surface area contributed by atoms with Gasteiger partial charge < -0.3 is 14.3 Å². The molecular formula is C19H19N5O3. The lowest BCUT2D eigenvalue weighted by Crippen LogP contribution is -2.37. The number of amides is 1. The van der Waals surface area contributed by atoms with Crippen molar-refractivity contribution in [2.45, 2.75) is 26.4 Å². The van der Waals surface area contributed by atoms with Gasteiger partial charge in [0.05, 0.1) is 17.1 Å². The Bertz CT molecular complexity index is 1200. The first-order valence-corrected chi connectivity index (χ1v) is 8.60. The largest absolute Gasteiger partial charge is 0.459 e. The number of rotatable bonds is 4. The molecule has 1 N–H and O–H groups in total. The number of hydrogen-bond acceptors (Lipinski definition) is 5. The Morgan fingerprint density at radius 2 is 2.07 bits per heavy atom. The van der Waals surface area contributed by atoms with Gasteiger partial charge in [-0.15, -0.1) is 0 Å². The second kappa shape index (κ2) is 6.39. The zero-order valence-electron chi connectivity index (χ0n) is 15.3. The summed E-state index contributed by atoms with van der Waals surface area (Å²) in [5.74, 6) is 0.486. The van der Waals surface area contributed by atoms with Crippen LogP contribution in [0.5, 0.6) is 0 Å². The standard InChI is InChI=1S/C19H19N5O3/c1-11-8-15-17(27-11)14-10-22-24(19(26)16(14)23(15)3)12(2)18(25)21-9-13-4-6-20-7-5-13/h4-8,10,12H,9H2,1-3H3,(H,21,25). The Morgan fingerprint density at radius 1 is 1.33 bits per heavy atom. The first kappa shape index (κ1) is 17.0. The van der Waals surface area contributed by atoms with Gasteiger partial charge in [0.2, 0.25) is 5.91 Å². The lowest BCUT2D eigenvalue weighted by atomic mass is 10.2. The summed E-state index contributed by atoms with van der Waals surface area (Å²) in [4.78, 5) is 29.4. The Balaban J connectivity index is 1.66. The minimum Gasteiger partial charge on any atom is -0.459 e. The quantitative estimate of drug-likeness (QED) is 0.597. The predicted molar refractivity (Wildman–Crippen MR) is 100 cm³/mol. The average Bonchev–Trinajstić information content (AvgIpc) is 3.17. The third kappa shape index (κ3) is 2.79. The van der Waals surface area contributed by atoms with Crippen LogP contribution < -0.4 is 10.9 Å². The van der Waals surface area contributed by atoms with Gasteiger partial charge in [0, 0.05) is 32.1 Å². The van der Waals surface area contributed by atoms with Gasteiger partial charge in [-0.05, 0) is 31.5 Å². The van der Waals surface area contributed by atoms with Gasteiger partial charge in [-0.2, -0.15) is 5.10 Å². The van der Waals surface area contributed by atoms with E-state index in [0.717, 1.165) is 16.8 Å². The predicted octanol–water partition coefficient (Wildman–Crippen LogP) is 2.06. The molecule has 1 atom stereocenters. The van der Waals surface area contributed by atoms with Crippen molar-refractivity contribution in [2.24, 2.45) is 7.05 Å². The molecule has 138 valence electrons. The summed E-state index contributed by atoms with van der Waals surface area (Å²) in [6.45, 7) is 3.87. The number of nitrogens with zero attached hydrogens (tertiary/aromatic N) is 4. The molecule has 4 heterocycles. The van der Waals surface area contributed by atoms with Gasteiger partial charge in [0.15, 0.2) is 5.58 Å². The van der Waals surface area contributed by atoms with Gasteiger partial charge in [-0.3, -0.25) is 14.6 Å². The summed E-state index contributed by atoms with van der Waals surface area (Å²) >= 11 is 0. The minimum atomic E-state index is -0.744. The molecule has 1 unspecified atom stereocenters. The highest BCUT2D eigenvalue weighted by Gasteiger charge is 2.22. The maximum absolute atomic E-state index is 13.0. The molecule has 4 rings (SSSR count). The summed E-state index contributed by atoms with van der Waals surface area (Å²) in [5, 5.41) is 7.68. The second-order valence-corrected chi connectivity index (χ2v) is 6.54. The molecule has 0 spiro atoms. The number of carbonyl (C=O) groups excluding carboxylic acids is 1. The van der Waals surface area contributed by atoms with Crippen molar-refractivity contribution in [3.8, 4) is 0 Å². The number of aromatic nitrogens is 4. The maximum atomic E-state index is 13.0. The van der Waals surface area contributed by atoms with Gasteiger partial charge in [-0.1, -0.05) is 0 Å². The molecule has 0 saturated heterocycles. The molecule has 0 bridgehead atoms. The Kier molecular flexibility index (Phi) is 4.02. The van der Waals surface area contributed by atoms with Crippen LogP contribution in [0.25, 0.3) is 22.0 Å².